The Morgan fingerprint density at radius 1 is 1.12 bits per heavy atom. The number of halogens is 1. The highest BCUT2D eigenvalue weighted by molar-refractivity contribution is 6.09. The number of amides is 1. The monoisotopic (exact) mass is 462 g/mol. The highest BCUT2D eigenvalue weighted by Crippen LogP contribution is 2.56. The molecule has 6 rings (SSSR count). The van der Waals surface area contributed by atoms with Gasteiger partial charge in [-0.05, 0) is 48.6 Å². The van der Waals surface area contributed by atoms with Crippen molar-refractivity contribution in [1.29, 1.82) is 0 Å². The molecule has 0 bridgehead atoms. The molecule has 0 unspecified atom stereocenters. The molecule has 1 amide bonds. The molecule has 0 atom stereocenters. The zero-order valence-corrected chi connectivity index (χ0v) is 18.9. The summed E-state index contributed by atoms with van der Waals surface area (Å²) < 4.78 is 1.75. The lowest BCUT2D eigenvalue weighted by molar-refractivity contribution is -0.123. The Kier molecular flexibility index (Phi) is 4.88. The lowest BCUT2D eigenvalue weighted by Crippen LogP contribution is -2.40. The molecule has 2 aromatic carbocycles. The summed E-state index contributed by atoms with van der Waals surface area (Å²) in [6.45, 7) is 0.205. The molecule has 1 aliphatic carbocycles. The summed E-state index contributed by atoms with van der Waals surface area (Å²) in [7, 11) is 1.85. The quantitative estimate of drug-likeness (QED) is 0.485. The van der Waals surface area contributed by atoms with Gasteiger partial charge in [-0.3, -0.25) is 19.2 Å². The number of aromatic amines is 1. The van der Waals surface area contributed by atoms with Gasteiger partial charge in [0.1, 0.15) is 5.82 Å². The van der Waals surface area contributed by atoms with Gasteiger partial charge in [-0.1, -0.05) is 24.3 Å². The predicted molar refractivity (Wildman–Crippen MR) is 129 cm³/mol. The molecule has 1 spiro atoms. The molecular formula is C24H23ClN6O2. The van der Waals surface area contributed by atoms with Crippen molar-refractivity contribution < 1.29 is 4.79 Å². The van der Waals surface area contributed by atoms with E-state index in [1.165, 1.54) is 5.56 Å². The van der Waals surface area contributed by atoms with Crippen LogP contribution in [0, 0.1) is 5.41 Å². The first-order valence-corrected chi connectivity index (χ1v) is 10.7. The highest BCUT2D eigenvalue weighted by Gasteiger charge is 2.55. The van der Waals surface area contributed by atoms with Crippen LogP contribution < -0.4 is 16.2 Å². The van der Waals surface area contributed by atoms with E-state index in [1.807, 2.05) is 42.3 Å². The van der Waals surface area contributed by atoms with Crippen LogP contribution in [0.25, 0.3) is 21.9 Å². The number of hydrogen-bond acceptors (Lipinski definition) is 5. The molecule has 3 heterocycles. The summed E-state index contributed by atoms with van der Waals surface area (Å²) in [4.78, 5) is 27.8. The van der Waals surface area contributed by atoms with Crippen molar-refractivity contribution in [3.05, 3.63) is 70.3 Å². The number of anilines is 2. The van der Waals surface area contributed by atoms with Crippen molar-refractivity contribution in [2.75, 3.05) is 4.90 Å². The lowest BCUT2D eigenvalue weighted by atomic mass is 9.88. The summed E-state index contributed by atoms with van der Waals surface area (Å²) in [5.74, 6) is 0.850. The number of benzene rings is 2. The Bertz CT molecular complexity index is 1470. The van der Waals surface area contributed by atoms with Gasteiger partial charge in [-0.2, -0.15) is 10.2 Å². The van der Waals surface area contributed by atoms with Crippen LogP contribution in [0.3, 0.4) is 0 Å². The van der Waals surface area contributed by atoms with Gasteiger partial charge in [-0.25, -0.2) is 5.10 Å². The van der Waals surface area contributed by atoms with Gasteiger partial charge in [0.2, 0.25) is 5.91 Å². The van der Waals surface area contributed by atoms with Gasteiger partial charge in [0.25, 0.3) is 5.56 Å². The Morgan fingerprint density at radius 3 is 2.67 bits per heavy atom. The van der Waals surface area contributed by atoms with E-state index in [9.17, 15) is 9.59 Å². The number of para-hydroxylation sites is 1. The zero-order valence-electron chi connectivity index (χ0n) is 18.0. The first-order valence-electron chi connectivity index (χ1n) is 10.7. The molecule has 4 aromatic rings. The number of aromatic nitrogens is 4. The first-order chi connectivity index (χ1) is 15.5. The number of H-pyrrole nitrogens is 1. The molecular weight excluding hydrogens is 440 g/mol. The average Bonchev–Trinajstić information content (AvgIpc) is 3.48. The number of nitrogens with two attached hydrogens (primary N) is 1. The second-order valence-corrected chi connectivity index (χ2v) is 8.70. The SMILES string of the molecule is Cl.Cn1ncc(-c2ccc3c(=O)[nH]nc(CN)c3c2)c1N1C(=O)C2(CC2)Cc2ccccc21. The molecule has 0 radical (unpaired) electrons. The van der Waals surface area contributed by atoms with Crippen LogP contribution in [0.4, 0.5) is 11.5 Å². The molecule has 2 aromatic heterocycles. The van der Waals surface area contributed by atoms with Crippen molar-refractivity contribution in [3.8, 4) is 11.1 Å². The van der Waals surface area contributed by atoms with Gasteiger partial charge in [-0.15, -0.1) is 12.4 Å². The van der Waals surface area contributed by atoms with Gasteiger partial charge >= 0.3 is 0 Å². The Hall–Kier alpha value is -3.49. The molecule has 2 aliphatic rings. The topological polar surface area (TPSA) is 110 Å². The minimum Gasteiger partial charge on any atom is -0.325 e. The third-order valence-electron chi connectivity index (χ3n) is 6.76. The Morgan fingerprint density at radius 2 is 1.91 bits per heavy atom. The fourth-order valence-electron chi connectivity index (χ4n) is 4.86. The minimum atomic E-state index is -0.302. The maximum absolute atomic E-state index is 13.7. The molecule has 9 heteroatoms. The molecule has 1 fully saturated rings. The van der Waals surface area contributed by atoms with Gasteiger partial charge < -0.3 is 5.73 Å². The maximum Gasteiger partial charge on any atom is 0.272 e. The first kappa shape index (κ1) is 21.4. The normalized spacial score (nSPS) is 16.1. The van der Waals surface area contributed by atoms with E-state index in [4.69, 9.17) is 5.73 Å². The smallest absolute Gasteiger partial charge is 0.272 e. The molecule has 0 saturated heterocycles. The van der Waals surface area contributed by atoms with Crippen molar-refractivity contribution in [3.63, 3.8) is 0 Å². The van der Waals surface area contributed by atoms with E-state index < -0.39 is 0 Å². The largest absolute Gasteiger partial charge is 0.325 e. The van der Waals surface area contributed by atoms with Crippen molar-refractivity contribution in [1.82, 2.24) is 20.0 Å². The van der Waals surface area contributed by atoms with Gasteiger partial charge in [0.05, 0.1) is 28.4 Å². The molecule has 8 nitrogen and oxygen atoms in total. The van der Waals surface area contributed by atoms with Gasteiger partial charge in [0, 0.05) is 24.5 Å². The van der Waals surface area contributed by atoms with E-state index in [2.05, 4.69) is 21.4 Å². The summed E-state index contributed by atoms with van der Waals surface area (Å²) in [6, 6.07) is 13.6. The second-order valence-electron chi connectivity index (χ2n) is 8.70. The predicted octanol–water partition coefficient (Wildman–Crippen LogP) is 3.21. The molecule has 33 heavy (non-hydrogen) atoms. The summed E-state index contributed by atoms with van der Waals surface area (Å²) in [5.41, 5.74) is 9.66. The number of nitrogens with zero attached hydrogens (tertiary/aromatic N) is 4. The number of rotatable bonds is 3. The van der Waals surface area contributed by atoms with Crippen LogP contribution in [0.5, 0.6) is 0 Å². The lowest BCUT2D eigenvalue weighted by Gasteiger charge is -2.34. The van der Waals surface area contributed by atoms with Crippen LogP contribution >= 0.6 is 12.4 Å². The molecule has 168 valence electrons. The summed E-state index contributed by atoms with van der Waals surface area (Å²) in [6.07, 6.45) is 4.38. The van der Waals surface area contributed by atoms with Crippen LogP contribution in [0.1, 0.15) is 24.1 Å². The average molecular weight is 463 g/mol. The van der Waals surface area contributed by atoms with Crippen LogP contribution in [0.15, 0.2) is 53.5 Å². The molecule has 1 saturated carbocycles. The summed E-state index contributed by atoms with van der Waals surface area (Å²) in [5, 5.41) is 12.3. The van der Waals surface area contributed by atoms with Crippen LogP contribution in [-0.4, -0.2) is 25.9 Å². The number of nitrogens with one attached hydrogen (secondary N) is 1. The molecule has 1 aliphatic heterocycles. The number of fused-ring (bicyclic) bond motifs is 2. The number of carbonyl (C=O) groups is 1. The Balaban J connectivity index is 0.00000228. The van der Waals surface area contributed by atoms with Gasteiger partial charge in [0.15, 0.2) is 0 Å². The second kappa shape index (κ2) is 7.54. The standard InChI is InChI=1S/C24H22N6O2.ClH/c1-29-22(30-20-5-3-2-4-15(20)11-24(8-9-24)23(30)32)18(13-26-29)14-6-7-16-17(10-14)19(12-25)27-28-21(16)31;/h2-7,10,13H,8-9,11-12,25H2,1H3,(H,28,31);1H. The summed E-state index contributed by atoms with van der Waals surface area (Å²) >= 11 is 0. The minimum absolute atomic E-state index is 0. The van der Waals surface area contributed by atoms with E-state index in [0.717, 1.165) is 41.9 Å². The molecule has 3 N–H and O–H groups in total. The van der Waals surface area contributed by atoms with Crippen molar-refractivity contribution >= 4 is 40.6 Å². The Labute approximate surface area is 195 Å². The van der Waals surface area contributed by atoms with Crippen LogP contribution in [0.2, 0.25) is 0 Å². The van der Waals surface area contributed by atoms with Crippen LogP contribution in [-0.2, 0) is 24.8 Å². The van der Waals surface area contributed by atoms with E-state index in [0.29, 0.717) is 16.5 Å². The van der Waals surface area contributed by atoms with Crippen molar-refractivity contribution in [2.24, 2.45) is 18.2 Å². The van der Waals surface area contributed by atoms with E-state index in [1.54, 1.807) is 16.9 Å². The number of carbonyl (C=O) groups excluding carboxylic acids is 1. The number of aryl methyl sites for hydroxylation is 1. The van der Waals surface area contributed by atoms with Crippen molar-refractivity contribution in [2.45, 2.75) is 25.8 Å². The fraction of sp³-hybridized carbons (Fsp3) is 0.250. The third kappa shape index (κ3) is 3.09. The van der Waals surface area contributed by atoms with E-state index >= 15 is 0 Å². The zero-order chi connectivity index (χ0) is 22.0. The fourth-order valence-corrected chi connectivity index (χ4v) is 4.86. The van der Waals surface area contributed by atoms with E-state index in [-0.39, 0.29) is 35.8 Å². The maximum atomic E-state index is 13.7. The highest BCUT2D eigenvalue weighted by atomic mass is 35.5. The third-order valence-corrected chi connectivity index (χ3v) is 6.76. The number of hydrogen-bond donors (Lipinski definition) is 2.